The second kappa shape index (κ2) is 10.2. The summed E-state index contributed by atoms with van der Waals surface area (Å²) in [6.07, 6.45) is 1.07. The van der Waals surface area contributed by atoms with Crippen LogP contribution < -0.4 is 10.6 Å². The molecule has 2 amide bonds. The number of carbonyl (C=O) groups excluding carboxylic acids is 2. The SMILES string of the molecule is Cc1ccc(NC(=O)CSCC(=O)NC(CCC(C)(C)C)C(=O)O)cc1. The number of hydrogen-bond donors (Lipinski definition) is 3. The van der Waals surface area contributed by atoms with E-state index in [1.54, 1.807) is 0 Å². The van der Waals surface area contributed by atoms with Gasteiger partial charge in [0.15, 0.2) is 0 Å². The van der Waals surface area contributed by atoms with Crippen LogP contribution in [0.25, 0.3) is 0 Å². The van der Waals surface area contributed by atoms with Gasteiger partial charge in [0.05, 0.1) is 11.5 Å². The predicted octanol–water partition coefficient (Wildman–Crippen LogP) is 3.06. The third-order valence-corrected chi connectivity index (χ3v) is 4.55. The van der Waals surface area contributed by atoms with Crippen molar-refractivity contribution in [3.05, 3.63) is 29.8 Å². The molecule has 7 heteroatoms. The molecule has 0 fully saturated rings. The molecule has 0 spiro atoms. The van der Waals surface area contributed by atoms with Gasteiger partial charge in [-0.25, -0.2) is 4.79 Å². The normalized spacial score (nSPS) is 12.3. The number of anilines is 1. The van der Waals surface area contributed by atoms with Crippen LogP contribution in [0.2, 0.25) is 0 Å². The van der Waals surface area contributed by atoms with Gasteiger partial charge < -0.3 is 15.7 Å². The Labute approximate surface area is 159 Å². The predicted molar refractivity (Wildman–Crippen MR) is 105 cm³/mol. The van der Waals surface area contributed by atoms with Crippen molar-refractivity contribution in [3.63, 3.8) is 0 Å². The number of rotatable bonds is 9. The van der Waals surface area contributed by atoms with Gasteiger partial charge in [-0.1, -0.05) is 38.5 Å². The van der Waals surface area contributed by atoms with Crippen LogP contribution in [0.5, 0.6) is 0 Å². The van der Waals surface area contributed by atoms with E-state index < -0.39 is 12.0 Å². The zero-order chi connectivity index (χ0) is 19.7. The van der Waals surface area contributed by atoms with Crippen LogP contribution in [0, 0.1) is 12.3 Å². The van der Waals surface area contributed by atoms with Crippen molar-refractivity contribution in [1.29, 1.82) is 0 Å². The highest BCUT2D eigenvalue weighted by molar-refractivity contribution is 8.00. The first-order chi connectivity index (χ1) is 12.1. The summed E-state index contributed by atoms with van der Waals surface area (Å²) in [5.41, 5.74) is 1.81. The van der Waals surface area contributed by atoms with Gasteiger partial charge in [-0.05, 0) is 37.3 Å². The molecule has 1 aromatic rings. The lowest BCUT2D eigenvalue weighted by atomic mass is 9.88. The average molecular weight is 381 g/mol. The molecular weight excluding hydrogens is 352 g/mol. The Morgan fingerprint density at radius 2 is 1.65 bits per heavy atom. The largest absolute Gasteiger partial charge is 0.480 e. The fraction of sp³-hybridized carbons (Fsp3) is 0.526. The number of carbonyl (C=O) groups is 3. The number of carboxylic acids is 1. The lowest BCUT2D eigenvalue weighted by molar-refractivity contribution is -0.141. The molecule has 0 radical (unpaired) electrons. The highest BCUT2D eigenvalue weighted by Gasteiger charge is 2.22. The zero-order valence-corrected chi connectivity index (χ0v) is 16.6. The standard InChI is InChI=1S/C19H28N2O4S/c1-13-5-7-14(8-6-13)20-16(22)11-26-12-17(23)21-15(18(24)25)9-10-19(2,3)4/h5-8,15H,9-12H2,1-4H3,(H,20,22)(H,21,23)(H,24,25). The molecule has 0 bridgehead atoms. The fourth-order valence-corrected chi connectivity index (χ4v) is 2.77. The molecule has 1 atom stereocenters. The molecule has 26 heavy (non-hydrogen) atoms. The van der Waals surface area contributed by atoms with Crippen LogP contribution >= 0.6 is 11.8 Å². The third-order valence-electron chi connectivity index (χ3n) is 3.62. The number of nitrogens with one attached hydrogen (secondary N) is 2. The summed E-state index contributed by atoms with van der Waals surface area (Å²) in [6.45, 7) is 8.04. The lowest BCUT2D eigenvalue weighted by Crippen LogP contribution is -2.42. The van der Waals surface area contributed by atoms with Crippen molar-refractivity contribution in [2.75, 3.05) is 16.8 Å². The van der Waals surface area contributed by atoms with E-state index in [1.807, 2.05) is 52.0 Å². The van der Waals surface area contributed by atoms with E-state index in [4.69, 9.17) is 0 Å². The van der Waals surface area contributed by atoms with Crippen molar-refractivity contribution < 1.29 is 19.5 Å². The molecule has 0 aliphatic carbocycles. The van der Waals surface area contributed by atoms with Crippen molar-refractivity contribution >= 4 is 35.2 Å². The molecule has 1 aromatic carbocycles. The maximum absolute atomic E-state index is 11.9. The van der Waals surface area contributed by atoms with E-state index in [0.717, 1.165) is 17.3 Å². The van der Waals surface area contributed by atoms with Crippen LogP contribution in [0.3, 0.4) is 0 Å². The van der Waals surface area contributed by atoms with Gasteiger partial charge in [0.25, 0.3) is 0 Å². The van der Waals surface area contributed by atoms with Crippen molar-refractivity contribution in [3.8, 4) is 0 Å². The minimum atomic E-state index is -1.04. The second-order valence-electron chi connectivity index (χ2n) is 7.46. The smallest absolute Gasteiger partial charge is 0.326 e. The van der Waals surface area contributed by atoms with E-state index in [9.17, 15) is 19.5 Å². The highest BCUT2D eigenvalue weighted by atomic mass is 32.2. The zero-order valence-electron chi connectivity index (χ0n) is 15.8. The van der Waals surface area contributed by atoms with E-state index in [1.165, 1.54) is 0 Å². The second-order valence-corrected chi connectivity index (χ2v) is 8.45. The molecule has 6 nitrogen and oxygen atoms in total. The van der Waals surface area contributed by atoms with E-state index in [2.05, 4.69) is 10.6 Å². The van der Waals surface area contributed by atoms with Crippen molar-refractivity contribution in [2.45, 2.75) is 46.6 Å². The number of benzene rings is 1. The first kappa shape index (κ1) is 22.0. The third kappa shape index (κ3) is 9.46. The summed E-state index contributed by atoms with van der Waals surface area (Å²) < 4.78 is 0. The number of thioether (sulfide) groups is 1. The monoisotopic (exact) mass is 380 g/mol. The highest BCUT2D eigenvalue weighted by Crippen LogP contribution is 2.21. The maximum Gasteiger partial charge on any atom is 0.326 e. The number of amides is 2. The van der Waals surface area contributed by atoms with Gasteiger partial charge >= 0.3 is 5.97 Å². The van der Waals surface area contributed by atoms with Gasteiger partial charge in [-0.2, -0.15) is 0 Å². The van der Waals surface area contributed by atoms with Crippen molar-refractivity contribution in [1.82, 2.24) is 5.32 Å². The quantitative estimate of drug-likeness (QED) is 0.612. The average Bonchev–Trinajstić information content (AvgIpc) is 2.52. The Morgan fingerprint density at radius 3 is 2.19 bits per heavy atom. The number of hydrogen-bond acceptors (Lipinski definition) is 4. The van der Waals surface area contributed by atoms with E-state index in [-0.39, 0.29) is 28.7 Å². The first-order valence-corrected chi connectivity index (χ1v) is 9.69. The Bertz CT molecular complexity index is 623. The van der Waals surface area contributed by atoms with Crippen LogP contribution in [0.1, 0.15) is 39.2 Å². The van der Waals surface area contributed by atoms with Gasteiger partial charge in [0.1, 0.15) is 6.04 Å². The minimum absolute atomic E-state index is 0.00123. The van der Waals surface area contributed by atoms with Crippen LogP contribution in [-0.2, 0) is 14.4 Å². The van der Waals surface area contributed by atoms with Gasteiger partial charge in [0, 0.05) is 5.69 Å². The molecule has 0 heterocycles. The lowest BCUT2D eigenvalue weighted by Gasteiger charge is -2.21. The molecule has 0 saturated carbocycles. The number of aliphatic carboxylic acids is 1. The first-order valence-electron chi connectivity index (χ1n) is 8.53. The van der Waals surface area contributed by atoms with Crippen LogP contribution in [0.15, 0.2) is 24.3 Å². The van der Waals surface area contributed by atoms with E-state index >= 15 is 0 Å². The van der Waals surface area contributed by atoms with Gasteiger partial charge in [-0.3, -0.25) is 9.59 Å². The summed E-state index contributed by atoms with van der Waals surface area (Å²) in [7, 11) is 0. The molecule has 0 aliphatic rings. The van der Waals surface area contributed by atoms with Gasteiger partial charge in [0.2, 0.25) is 11.8 Å². The number of aryl methyl sites for hydroxylation is 1. The van der Waals surface area contributed by atoms with Crippen molar-refractivity contribution in [2.24, 2.45) is 5.41 Å². The van der Waals surface area contributed by atoms with Crippen LogP contribution in [-0.4, -0.2) is 40.4 Å². The molecule has 144 valence electrons. The maximum atomic E-state index is 11.9. The Balaban J connectivity index is 2.34. The minimum Gasteiger partial charge on any atom is -0.480 e. The van der Waals surface area contributed by atoms with Crippen LogP contribution in [0.4, 0.5) is 5.69 Å². The Morgan fingerprint density at radius 1 is 1.08 bits per heavy atom. The molecule has 0 aliphatic heterocycles. The summed E-state index contributed by atoms with van der Waals surface area (Å²) >= 11 is 1.15. The molecule has 1 unspecified atom stereocenters. The molecule has 3 N–H and O–H groups in total. The summed E-state index contributed by atoms with van der Waals surface area (Å²) in [5, 5.41) is 14.5. The topological polar surface area (TPSA) is 95.5 Å². The molecule has 1 rings (SSSR count). The molecule has 0 saturated heterocycles. The van der Waals surface area contributed by atoms with E-state index in [0.29, 0.717) is 18.5 Å². The molecule has 0 aromatic heterocycles. The number of carboxylic acid groups (broad SMARTS) is 1. The molecular formula is C19H28N2O4S. The summed E-state index contributed by atoms with van der Waals surface area (Å²) in [5.74, 6) is -1.44. The fourth-order valence-electron chi connectivity index (χ4n) is 2.14. The van der Waals surface area contributed by atoms with Gasteiger partial charge in [-0.15, -0.1) is 11.8 Å². The summed E-state index contributed by atoms with van der Waals surface area (Å²) in [4.78, 5) is 35.1. The Kier molecular flexibility index (Phi) is 8.65. The Hall–Kier alpha value is -2.02. The summed E-state index contributed by atoms with van der Waals surface area (Å²) in [6, 6.07) is 6.54.